The Kier molecular flexibility index (Phi) is 3.55. The number of thiazole rings is 1. The Balaban J connectivity index is 1.99. The number of aromatic nitrogens is 2. The molecule has 0 saturated carbocycles. The van der Waals surface area contributed by atoms with Crippen molar-refractivity contribution in [1.82, 2.24) is 9.38 Å². The maximum absolute atomic E-state index is 9.32. The highest BCUT2D eigenvalue weighted by Crippen LogP contribution is 2.37. The molecule has 0 saturated heterocycles. The van der Waals surface area contributed by atoms with Gasteiger partial charge in [0.25, 0.3) is 0 Å². The van der Waals surface area contributed by atoms with Crippen molar-refractivity contribution in [3.8, 4) is 23.1 Å². The van der Waals surface area contributed by atoms with Crippen molar-refractivity contribution >= 4 is 16.3 Å². The molecular formula is C18H17N3OS. The van der Waals surface area contributed by atoms with Gasteiger partial charge in [-0.1, -0.05) is 12.1 Å². The van der Waals surface area contributed by atoms with Gasteiger partial charge < -0.3 is 4.74 Å². The number of fused-ring (bicyclic) bond motifs is 3. The number of imidazole rings is 1. The second kappa shape index (κ2) is 5.71. The van der Waals surface area contributed by atoms with E-state index < -0.39 is 0 Å². The molecule has 1 aliphatic carbocycles. The molecule has 0 fully saturated rings. The first-order valence-electron chi connectivity index (χ1n) is 7.85. The molecular weight excluding hydrogens is 306 g/mol. The largest absolute Gasteiger partial charge is 0.496 e. The summed E-state index contributed by atoms with van der Waals surface area (Å²) in [5, 5.41) is 9.32. The molecule has 0 unspecified atom stereocenters. The van der Waals surface area contributed by atoms with Crippen LogP contribution in [0.5, 0.6) is 5.75 Å². The SMILES string of the molecule is COc1ccccc1-c1nc2sc3c(n2c1CC#N)CCCC3. The maximum atomic E-state index is 9.32. The quantitative estimate of drug-likeness (QED) is 0.731. The van der Waals surface area contributed by atoms with Crippen LogP contribution in [-0.4, -0.2) is 16.5 Å². The Labute approximate surface area is 139 Å². The minimum Gasteiger partial charge on any atom is -0.496 e. The summed E-state index contributed by atoms with van der Waals surface area (Å²) in [5.74, 6) is 0.798. The molecule has 2 aromatic heterocycles. The number of para-hydroxylation sites is 1. The Morgan fingerprint density at radius 3 is 2.96 bits per heavy atom. The molecule has 0 radical (unpaired) electrons. The fourth-order valence-corrected chi connectivity index (χ4v) is 4.62. The average molecular weight is 323 g/mol. The molecule has 23 heavy (non-hydrogen) atoms. The molecule has 5 heteroatoms. The van der Waals surface area contributed by atoms with E-state index in [1.165, 1.54) is 23.4 Å². The van der Waals surface area contributed by atoms with Crippen LogP contribution in [0.1, 0.15) is 29.1 Å². The van der Waals surface area contributed by atoms with Crippen molar-refractivity contribution in [2.75, 3.05) is 7.11 Å². The smallest absolute Gasteiger partial charge is 0.194 e. The van der Waals surface area contributed by atoms with Crippen LogP contribution in [0.15, 0.2) is 24.3 Å². The number of aryl methyl sites for hydroxylation is 2. The molecule has 0 spiro atoms. The van der Waals surface area contributed by atoms with Crippen LogP contribution in [-0.2, 0) is 19.3 Å². The van der Waals surface area contributed by atoms with E-state index in [0.29, 0.717) is 6.42 Å². The van der Waals surface area contributed by atoms with E-state index in [1.807, 2.05) is 24.3 Å². The van der Waals surface area contributed by atoms with Gasteiger partial charge in [-0.15, -0.1) is 11.3 Å². The zero-order valence-electron chi connectivity index (χ0n) is 13.0. The fraction of sp³-hybridized carbons (Fsp3) is 0.333. The van der Waals surface area contributed by atoms with Crippen LogP contribution >= 0.6 is 11.3 Å². The minimum atomic E-state index is 0.359. The van der Waals surface area contributed by atoms with Gasteiger partial charge in [-0.25, -0.2) is 4.98 Å². The van der Waals surface area contributed by atoms with Crippen LogP contribution in [0.25, 0.3) is 16.2 Å². The number of hydrogen-bond acceptors (Lipinski definition) is 4. The molecule has 1 aliphatic rings. The lowest BCUT2D eigenvalue weighted by atomic mass is 10.0. The third kappa shape index (κ3) is 2.22. The standard InChI is InChI=1S/C18H17N3OS/c1-22-15-8-4-2-6-12(15)17-14(10-11-19)21-13-7-3-5-9-16(13)23-18(21)20-17/h2,4,6,8H,3,5,7,9-10H2,1H3. The van der Waals surface area contributed by atoms with E-state index in [0.717, 1.165) is 40.5 Å². The van der Waals surface area contributed by atoms with Crippen LogP contribution < -0.4 is 4.74 Å². The second-order valence-electron chi connectivity index (χ2n) is 5.74. The molecule has 1 aromatic carbocycles. The maximum Gasteiger partial charge on any atom is 0.194 e. The lowest BCUT2D eigenvalue weighted by Gasteiger charge is -2.12. The van der Waals surface area contributed by atoms with E-state index in [-0.39, 0.29) is 0 Å². The van der Waals surface area contributed by atoms with Gasteiger partial charge in [0.1, 0.15) is 5.75 Å². The molecule has 0 atom stereocenters. The van der Waals surface area contributed by atoms with Crippen molar-refractivity contribution in [1.29, 1.82) is 5.26 Å². The molecule has 4 nitrogen and oxygen atoms in total. The van der Waals surface area contributed by atoms with Gasteiger partial charge in [0, 0.05) is 16.1 Å². The molecule has 0 aliphatic heterocycles. The zero-order valence-corrected chi connectivity index (χ0v) is 13.8. The van der Waals surface area contributed by atoms with Crippen LogP contribution in [0, 0.1) is 11.3 Å². The molecule has 0 amide bonds. The predicted molar refractivity (Wildman–Crippen MR) is 91.0 cm³/mol. The number of ether oxygens (including phenoxy) is 1. The number of rotatable bonds is 3. The van der Waals surface area contributed by atoms with E-state index in [1.54, 1.807) is 18.4 Å². The number of benzene rings is 1. The van der Waals surface area contributed by atoms with E-state index in [2.05, 4.69) is 10.5 Å². The Morgan fingerprint density at radius 1 is 1.30 bits per heavy atom. The lowest BCUT2D eigenvalue weighted by Crippen LogP contribution is -2.05. The zero-order chi connectivity index (χ0) is 15.8. The van der Waals surface area contributed by atoms with Crippen LogP contribution in [0.3, 0.4) is 0 Å². The summed E-state index contributed by atoms with van der Waals surface area (Å²) in [6.45, 7) is 0. The predicted octanol–water partition coefficient (Wildman–Crippen LogP) is 4.02. The van der Waals surface area contributed by atoms with E-state index >= 15 is 0 Å². The third-order valence-electron chi connectivity index (χ3n) is 4.42. The van der Waals surface area contributed by atoms with E-state index in [4.69, 9.17) is 9.72 Å². The summed E-state index contributed by atoms with van der Waals surface area (Å²) < 4.78 is 7.72. The van der Waals surface area contributed by atoms with Crippen LogP contribution in [0.4, 0.5) is 0 Å². The molecule has 0 bridgehead atoms. The van der Waals surface area contributed by atoms with Crippen molar-refractivity contribution < 1.29 is 4.74 Å². The van der Waals surface area contributed by atoms with Crippen molar-refractivity contribution in [3.05, 3.63) is 40.5 Å². The van der Waals surface area contributed by atoms with Crippen molar-refractivity contribution in [3.63, 3.8) is 0 Å². The highest BCUT2D eigenvalue weighted by Gasteiger charge is 2.24. The minimum absolute atomic E-state index is 0.359. The van der Waals surface area contributed by atoms with Gasteiger partial charge in [-0.2, -0.15) is 5.26 Å². The fourth-order valence-electron chi connectivity index (χ4n) is 3.39. The number of nitriles is 1. The highest BCUT2D eigenvalue weighted by molar-refractivity contribution is 7.17. The summed E-state index contributed by atoms with van der Waals surface area (Å²) in [6.07, 6.45) is 5.04. The van der Waals surface area contributed by atoms with Crippen molar-refractivity contribution in [2.24, 2.45) is 0 Å². The summed E-state index contributed by atoms with van der Waals surface area (Å²) in [6, 6.07) is 10.2. The average Bonchev–Trinajstić information content (AvgIpc) is 3.12. The lowest BCUT2D eigenvalue weighted by molar-refractivity contribution is 0.416. The third-order valence-corrected chi connectivity index (χ3v) is 5.57. The summed E-state index contributed by atoms with van der Waals surface area (Å²) in [5.41, 5.74) is 4.19. The van der Waals surface area contributed by atoms with Gasteiger partial charge in [0.2, 0.25) is 0 Å². The van der Waals surface area contributed by atoms with Gasteiger partial charge >= 0.3 is 0 Å². The number of methoxy groups -OCH3 is 1. The second-order valence-corrected chi connectivity index (χ2v) is 6.80. The monoisotopic (exact) mass is 323 g/mol. The molecule has 3 aromatic rings. The first kappa shape index (κ1) is 14.3. The molecule has 2 heterocycles. The first-order valence-corrected chi connectivity index (χ1v) is 8.67. The summed E-state index contributed by atoms with van der Waals surface area (Å²) >= 11 is 1.77. The van der Waals surface area contributed by atoms with Gasteiger partial charge in [-0.05, 0) is 37.8 Å². The van der Waals surface area contributed by atoms with Gasteiger partial charge in [0.05, 0.1) is 31.0 Å². The Bertz CT molecular complexity index is 916. The Morgan fingerprint density at radius 2 is 2.13 bits per heavy atom. The summed E-state index contributed by atoms with van der Waals surface area (Å²) in [7, 11) is 1.67. The molecule has 0 N–H and O–H groups in total. The molecule has 116 valence electrons. The Hall–Kier alpha value is -2.32. The molecule has 4 rings (SSSR count). The van der Waals surface area contributed by atoms with Crippen LogP contribution in [0.2, 0.25) is 0 Å². The highest BCUT2D eigenvalue weighted by atomic mass is 32.1. The number of nitrogens with zero attached hydrogens (tertiary/aromatic N) is 3. The van der Waals surface area contributed by atoms with Gasteiger partial charge in [-0.3, -0.25) is 4.40 Å². The van der Waals surface area contributed by atoms with Crippen molar-refractivity contribution in [2.45, 2.75) is 32.1 Å². The topological polar surface area (TPSA) is 50.3 Å². The first-order chi connectivity index (χ1) is 11.3. The van der Waals surface area contributed by atoms with Gasteiger partial charge in [0.15, 0.2) is 4.96 Å². The number of hydrogen-bond donors (Lipinski definition) is 0. The van der Waals surface area contributed by atoms with E-state index in [9.17, 15) is 5.26 Å². The summed E-state index contributed by atoms with van der Waals surface area (Å²) in [4.78, 5) is 7.30. The normalized spacial score (nSPS) is 13.7.